The van der Waals surface area contributed by atoms with Gasteiger partial charge in [0.25, 0.3) is 5.91 Å². The van der Waals surface area contributed by atoms with E-state index in [0.717, 1.165) is 28.0 Å². The maximum atomic E-state index is 12.8. The van der Waals surface area contributed by atoms with Crippen LogP contribution in [0.4, 0.5) is 10.5 Å². The van der Waals surface area contributed by atoms with Crippen LogP contribution in [-0.4, -0.2) is 44.6 Å². The minimum atomic E-state index is -0.414. The number of carbonyl (C=O) groups is 3. The number of hydrogen-bond donors (Lipinski definition) is 0. The van der Waals surface area contributed by atoms with E-state index in [-0.39, 0.29) is 19.0 Å². The molecular weight excluding hydrogens is 374 g/mol. The van der Waals surface area contributed by atoms with Crippen molar-refractivity contribution in [2.45, 2.75) is 26.9 Å². The summed E-state index contributed by atoms with van der Waals surface area (Å²) in [5.41, 5.74) is 3.41. The molecule has 2 aromatic heterocycles. The first-order valence-electron chi connectivity index (χ1n) is 9.06. The SMILES string of the molecule is Cc1noc(C)c1Cn1cc(N2C(=O)CN(Cc3cccc(C=O)c3)C2=O)cn1. The van der Waals surface area contributed by atoms with Crippen LogP contribution in [0, 0.1) is 13.8 Å². The number of rotatable bonds is 6. The Kier molecular flexibility index (Phi) is 4.71. The Bertz CT molecular complexity index is 1080. The molecule has 0 saturated carbocycles. The van der Waals surface area contributed by atoms with Gasteiger partial charge in [-0.05, 0) is 25.5 Å². The average Bonchev–Trinajstić information content (AvgIpc) is 3.37. The van der Waals surface area contributed by atoms with E-state index in [2.05, 4.69) is 10.3 Å². The minimum absolute atomic E-state index is 0.0286. The summed E-state index contributed by atoms with van der Waals surface area (Å²) in [6.45, 7) is 4.32. The van der Waals surface area contributed by atoms with Gasteiger partial charge in [-0.15, -0.1) is 0 Å². The molecule has 0 radical (unpaired) electrons. The Morgan fingerprint density at radius 1 is 1.21 bits per heavy atom. The Morgan fingerprint density at radius 2 is 2.03 bits per heavy atom. The van der Waals surface area contributed by atoms with Gasteiger partial charge in [0.1, 0.15) is 18.6 Å². The highest BCUT2D eigenvalue weighted by atomic mass is 16.5. The lowest BCUT2D eigenvalue weighted by Gasteiger charge is -2.16. The first-order valence-corrected chi connectivity index (χ1v) is 9.06. The molecule has 9 nitrogen and oxygen atoms in total. The molecule has 0 spiro atoms. The summed E-state index contributed by atoms with van der Waals surface area (Å²) in [4.78, 5) is 38.8. The second-order valence-electron chi connectivity index (χ2n) is 6.93. The smallest absolute Gasteiger partial charge is 0.332 e. The largest absolute Gasteiger partial charge is 0.361 e. The molecule has 0 bridgehead atoms. The number of nitrogens with zero attached hydrogens (tertiary/aromatic N) is 5. The third kappa shape index (κ3) is 3.54. The summed E-state index contributed by atoms with van der Waals surface area (Å²) in [5.74, 6) is 0.384. The number of aryl methyl sites for hydroxylation is 2. The molecule has 9 heteroatoms. The van der Waals surface area contributed by atoms with E-state index in [0.29, 0.717) is 23.6 Å². The predicted molar refractivity (Wildman–Crippen MR) is 102 cm³/mol. The highest BCUT2D eigenvalue weighted by Gasteiger charge is 2.37. The molecule has 1 aromatic carbocycles. The molecule has 1 fully saturated rings. The molecule has 3 aromatic rings. The highest BCUT2D eigenvalue weighted by Crippen LogP contribution is 2.23. The Morgan fingerprint density at radius 3 is 2.76 bits per heavy atom. The summed E-state index contributed by atoms with van der Waals surface area (Å²) in [5, 5.41) is 8.18. The fourth-order valence-electron chi connectivity index (χ4n) is 3.36. The second-order valence-corrected chi connectivity index (χ2v) is 6.93. The Balaban J connectivity index is 1.50. The van der Waals surface area contributed by atoms with Crippen LogP contribution in [0.15, 0.2) is 41.2 Å². The van der Waals surface area contributed by atoms with Crippen molar-refractivity contribution in [3.63, 3.8) is 0 Å². The van der Waals surface area contributed by atoms with Crippen LogP contribution in [0.3, 0.4) is 0 Å². The van der Waals surface area contributed by atoms with Gasteiger partial charge in [-0.25, -0.2) is 9.69 Å². The lowest BCUT2D eigenvalue weighted by Crippen LogP contribution is -2.32. The molecule has 0 N–H and O–H groups in total. The lowest BCUT2D eigenvalue weighted by molar-refractivity contribution is -0.116. The van der Waals surface area contributed by atoms with Crippen LogP contribution in [0.25, 0.3) is 0 Å². The third-order valence-corrected chi connectivity index (χ3v) is 4.88. The molecule has 148 valence electrons. The van der Waals surface area contributed by atoms with Gasteiger partial charge in [0, 0.05) is 23.9 Å². The molecule has 1 aliphatic heterocycles. The first kappa shape index (κ1) is 18.6. The monoisotopic (exact) mass is 393 g/mol. The van der Waals surface area contributed by atoms with Crippen LogP contribution >= 0.6 is 0 Å². The Labute approximate surface area is 166 Å². The van der Waals surface area contributed by atoms with E-state index in [4.69, 9.17) is 4.52 Å². The van der Waals surface area contributed by atoms with Gasteiger partial charge in [0.15, 0.2) is 0 Å². The van der Waals surface area contributed by atoms with Crippen molar-refractivity contribution in [1.29, 1.82) is 0 Å². The fourth-order valence-corrected chi connectivity index (χ4v) is 3.36. The van der Waals surface area contributed by atoms with Crippen LogP contribution in [0.5, 0.6) is 0 Å². The van der Waals surface area contributed by atoms with Crippen LogP contribution < -0.4 is 4.90 Å². The van der Waals surface area contributed by atoms with E-state index in [9.17, 15) is 14.4 Å². The molecule has 3 heterocycles. The van der Waals surface area contributed by atoms with E-state index < -0.39 is 6.03 Å². The number of amides is 3. The molecule has 29 heavy (non-hydrogen) atoms. The van der Waals surface area contributed by atoms with Gasteiger partial charge in [-0.3, -0.25) is 14.3 Å². The van der Waals surface area contributed by atoms with Crippen molar-refractivity contribution in [1.82, 2.24) is 19.8 Å². The average molecular weight is 393 g/mol. The standard InChI is InChI=1S/C20H19N5O4/c1-13-18(14(2)29-22-13)10-24-9-17(7-21-24)25-19(27)11-23(20(25)28)8-15-4-3-5-16(6-15)12-26/h3-7,9,12H,8,10-11H2,1-2H3. The number of hydrogen-bond acceptors (Lipinski definition) is 6. The second kappa shape index (κ2) is 7.34. The first-order chi connectivity index (χ1) is 14.0. The van der Waals surface area contributed by atoms with E-state index in [1.165, 1.54) is 11.1 Å². The minimum Gasteiger partial charge on any atom is -0.361 e. The van der Waals surface area contributed by atoms with Gasteiger partial charge in [0.2, 0.25) is 0 Å². The van der Waals surface area contributed by atoms with Crippen molar-refractivity contribution in [3.05, 3.63) is 64.8 Å². The van der Waals surface area contributed by atoms with Crippen molar-refractivity contribution in [2.75, 3.05) is 11.4 Å². The quantitative estimate of drug-likeness (QED) is 0.470. The normalized spacial score (nSPS) is 14.1. The fraction of sp³-hybridized carbons (Fsp3) is 0.250. The van der Waals surface area contributed by atoms with Crippen LogP contribution in [0.1, 0.15) is 32.9 Å². The number of aromatic nitrogens is 3. The highest BCUT2D eigenvalue weighted by molar-refractivity contribution is 6.19. The van der Waals surface area contributed by atoms with Crippen molar-refractivity contribution < 1.29 is 18.9 Å². The topological polar surface area (TPSA) is 102 Å². The van der Waals surface area contributed by atoms with Crippen molar-refractivity contribution in [3.8, 4) is 0 Å². The predicted octanol–water partition coefficient (Wildman–Crippen LogP) is 2.32. The van der Waals surface area contributed by atoms with Gasteiger partial charge in [-0.2, -0.15) is 5.10 Å². The molecule has 3 amide bonds. The molecule has 0 unspecified atom stereocenters. The number of aldehydes is 1. The molecule has 4 rings (SSSR count). The summed E-state index contributed by atoms with van der Waals surface area (Å²) >= 11 is 0. The van der Waals surface area contributed by atoms with Gasteiger partial charge in [0.05, 0.1) is 24.1 Å². The summed E-state index contributed by atoms with van der Waals surface area (Å²) in [6.07, 6.45) is 3.89. The molecule has 1 aliphatic rings. The number of carbonyl (C=O) groups excluding carboxylic acids is 3. The zero-order valence-electron chi connectivity index (χ0n) is 16.0. The van der Waals surface area contributed by atoms with Crippen molar-refractivity contribution in [2.24, 2.45) is 0 Å². The number of imide groups is 1. The van der Waals surface area contributed by atoms with Gasteiger partial charge in [-0.1, -0.05) is 23.4 Å². The molecule has 1 saturated heterocycles. The molecule has 0 aliphatic carbocycles. The number of anilines is 1. The molecular formula is C20H19N5O4. The molecule has 0 atom stereocenters. The van der Waals surface area contributed by atoms with Crippen LogP contribution in [0.2, 0.25) is 0 Å². The summed E-state index contributed by atoms with van der Waals surface area (Å²) in [6, 6.07) is 6.54. The van der Waals surface area contributed by atoms with Gasteiger partial charge < -0.3 is 9.42 Å². The summed E-state index contributed by atoms with van der Waals surface area (Å²) < 4.78 is 6.79. The third-order valence-electron chi connectivity index (χ3n) is 4.88. The number of urea groups is 1. The Hall–Kier alpha value is -3.75. The number of benzene rings is 1. The maximum Gasteiger partial charge on any atom is 0.332 e. The van der Waals surface area contributed by atoms with E-state index in [1.807, 2.05) is 19.9 Å². The van der Waals surface area contributed by atoms with E-state index in [1.54, 1.807) is 29.1 Å². The van der Waals surface area contributed by atoms with Gasteiger partial charge >= 0.3 is 6.03 Å². The summed E-state index contributed by atoms with van der Waals surface area (Å²) in [7, 11) is 0. The maximum absolute atomic E-state index is 12.8. The lowest BCUT2D eigenvalue weighted by atomic mass is 10.1. The zero-order valence-corrected chi connectivity index (χ0v) is 16.0. The van der Waals surface area contributed by atoms with Crippen molar-refractivity contribution >= 4 is 23.9 Å². The van der Waals surface area contributed by atoms with Crippen LogP contribution in [-0.2, 0) is 17.9 Å². The van der Waals surface area contributed by atoms with E-state index >= 15 is 0 Å². The zero-order chi connectivity index (χ0) is 20.5.